The van der Waals surface area contributed by atoms with Crippen LogP contribution < -0.4 is 10.5 Å². The van der Waals surface area contributed by atoms with E-state index >= 15 is 0 Å². The van der Waals surface area contributed by atoms with Gasteiger partial charge in [0.25, 0.3) is 5.56 Å². The van der Waals surface area contributed by atoms with Gasteiger partial charge in [-0.3, -0.25) is 14.1 Å². The lowest BCUT2D eigenvalue weighted by Gasteiger charge is -2.35. The van der Waals surface area contributed by atoms with E-state index in [1.165, 1.54) is 11.3 Å². The second-order valence-electron chi connectivity index (χ2n) is 6.76. The maximum Gasteiger partial charge on any atom is 0.259 e. The van der Waals surface area contributed by atoms with Gasteiger partial charge in [-0.05, 0) is 20.8 Å². The molecular formula is C18H22N6OS. The van der Waals surface area contributed by atoms with Crippen LogP contribution >= 0.6 is 11.3 Å². The lowest BCUT2D eigenvalue weighted by atomic mass is 10.2. The minimum absolute atomic E-state index is 0.00863. The van der Waals surface area contributed by atoms with Gasteiger partial charge in [-0.15, -0.1) is 11.3 Å². The smallest absolute Gasteiger partial charge is 0.259 e. The first-order valence-corrected chi connectivity index (χ1v) is 9.64. The molecular weight excluding hydrogens is 348 g/mol. The number of anilines is 1. The van der Waals surface area contributed by atoms with Crippen LogP contribution in [0.3, 0.4) is 0 Å². The number of nitrogens with zero attached hydrogens (tertiary/aromatic N) is 6. The van der Waals surface area contributed by atoms with Gasteiger partial charge in [0.05, 0.1) is 5.69 Å². The summed E-state index contributed by atoms with van der Waals surface area (Å²) in [5.74, 6) is 1.81. The van der Waals surface area contributed by atoms with E-state index in [0.717, 1.165) is 59.9 Å². The number of thiazole rings is 1. The number of hydrogen-bond acceptors (Lipinski definition) is 7. The number of hydrogen-bond donors (Lipinski definition) is 0. The van der Waals surface area contributed by atoms with E-state index in [9.17, 15) is 4.79 Å². The van der Waals surface area contributed by atoms with E-state index in [0.29, 0.717) is 6.54 Å². The molecule has 0 radical (unpaired) electrons. The molecule has 1 fully saturated rings. The van der Waals surface area contributed by atoms with E-state index in [1.54, 1.807) is 10.5 Å². The average Bonchev–Trinajstić information content (AvgIpc) is 2.96. The van der Waals surface area contributed by atoms with E-state index in [2.05, 4.69) is 24.8 Å². The van der Waals surface area contributed by atoms with Crippen molar-refractivity contribution in [1.82, 2.24) is 24.3 Å². The molecule has 0 saturated carbocycles. The quantitative estimate of drug-likeness (QED) is 0.700. The molecule has 8 heteroatoms. The Morgan fingerprint density at radius 1 is 1.04 bits per heavy atom. The van der Waals surface area contributed by atoms with E-state index in [4.69, 9.17) is 0 Å². The zero-order valence-electron chi connectivity index (χ0n) is 15.3. The molecule has 3 aromatic heterocycles. The highest BCUT2D eigenvalue weighted by Gasteiger charge is 2.19. The van der Waals surface area contributed by atoms with Crippen LogP contribution in [0.2, 0.25) is 0 Å². The molecule has 136 valence electrons. The lowest BCUT2D eigenvalue weighted by Crippen LogP contribution is -2.46. The Hall–Kier alpha value is -2.32. The van der Waals surface area contributed by atoms with Gasteiger partial charge in [-0.25, -0.2) is 15.0 Å². The normalized spacial score (nSPS) is 15.7. The van der Waals surface area contributed by atoms with Gasteiger partial charge < -0.3 is 4.90 Å². The van der Waals surface area contributed by atoms with Crippen molar-refractivity contribution in [2.45, 2.75) is 27.3 Å². The maximum atomic E-state index is 12.3. The molecule has 0 N–H and O–H groups in total. The van der Waals surface area contributed by atoms with E-state index in [1.807, 2.05) is 32.2 Å². The summed E-state index contributed by atoms with van der Waals surface area (Å²) in [5, 5.41) is 1.97. The molecule has 0 aromatic carbocycles. The molecule has 1 aliphatic heterocycles. The summed E-state index contributed by atoms with van der Waals surface area (Å²) >= 11 is 1.52. The molecule has 7 nitrogen and oxygen atoms in total. The standard InChI is InChI=1S/C18H22N6OS/c1-12-8-16(20-14(3)19-12)23-6-4-22(5-7-23)10-15-9-17(25)24-13(2)11-26-18(24)21-15/h8-9,11H,4-7,10H2,1-3H3. The fourth-order valence-electron chi connectivity index (χ4n) is 3.41. The van der Waals surface area contributed by atoms with Gasteiger partial charge in [0.15, 0.2) is 4.96 Å². The van der Waals surface area contributed by atoms with Crippen LogP contribution in [0, 0.1) is 20.8 Å². The zero-order chi connectivity index (χ0) is 18.3. The van der Waals surface area contributed by atoms with Crippen molar-refractivity contribution in [3.63, 3.8) is 0 Å². The summed E-state index contributed by atoms with van der Waals surface area (Å²) in [7, 11) is 0. The van der Waals surface area contributed by atoms with Crippen LogP contribution in [0.25, 0.3) is 4.96 Å². The van der Waals surface area contributed by atoms with Crippen LogP contribution in [0.1, 0.15) is 22.9 Å². The van der Waals surface area contributed by atoms with Gasteiger partial charge in [0.2, 0.25) is 0 Å². The van der Waals surface area contributed by atoms with Crippen molar-refractivity contribution in [1.29, 1.82) is 0 Å². The average molecular weight is 370 g/mol. The van der Waals surface area contributed by atoms with Gasteiger partial charge in [-0.1, -0.05) is 0 Å². The fraction of sp³-hybridized carbons (Fsp3) is 0.444. The van der Waals surface area contributed by atoms with Crippen LogP contribution in [-0.2, 0) is 6.54 Å². The van der Waals surface area contributed by atoms with Gasteiger partial charge in [-0.2, -0.15) is 0 Å². The molecule has 0 spiro atoms. The molecule has 0 bridgehead atoms. The lowest BCUT2D eigenvalue weighted by molar-refractivity contribution is 0.246. The van der Waals surface area contributed by atoms with Crippen molar-refractivity contribution >= 4 is 22.1 Å². The molecule has 0 aliphatic carbocycles. The number of fused-ring (bicyclic) bond motifs is 1. The first-order chi connectivity index (χ1) is 12.5. The van der Waals surface area contributed by atoms with Gasteiger partial charge in [0, 0.05) is 61.6 Å². The Morgan fingerprint density at radius 2 is 1.81 bits per heavy atom. The van der Waals surface area contributed by atoms with Crippen molar-refractivity contribution in [3.05, 3.63) is 50.8 Å². The molecule has 0 amide bonds. The monoisotopic (exact) mass is 370 g/mol. The summed E-state index contributed by atoms with van der Waals surface area (Å²) in [6.07, 6.45) is 0. The Morgan fingerprint density at radius 3 is 2.54 bits per heavy atom. The Labute approximate surface area is 156 Å². The summed E-state index contributed by atoms with van der Waals surface area (Å²) in [6, 6.07) is 3.70. The number of rotatable bonds is 3. The molecule has 3 aromatic rings. The number of piperazine rings is 1. The highest BCUT2D eigenvalue weighted by atomic mass is 32.1. The topological polar surface area (TPSA) is 66.6 Å². The van der Waals surface area contributed by atoms with Crippen molar-refractivity contribution in [3.8, 4) is 0 Å². The third kappa shape index (κ3) is 3.34. The molecule has 1 saturated heterocycles. The SMILES string of the molecule is Cc1cc(N2CCN(Cc3cc(=O)n4c(C)csc4n3)CC2)nc(C)n1. The first-order valence-electron chi connectivity index (χ1n) is 8.76. The molecule has 0 unspecified atom stereocenters. The van der Waals surface area contributed by atoms with Crippen LogP contribution in [0.5, 0.6) is 0 Å². The largest absolute Gasteiger partial charge is 0.354 e. The summed E-state index contributed by atoms with van der Waals surface area (Å²) in [5.41, 5.74) is 2.80. The number of aromatic nitrogens is 4. The number of aryl methyl sites for hydroxylation is 3. The Balaban J connectivity index is 1.45. The highest BCUT2D eigenvalue weighted by molar-refractivity contribution is 7.15. The summed E-state index contributed by atoms with van der Waals surface area (Å²) in [6.45, 7) is 10.2. The molecule has 0 atom stereocenters. The first kappa shape index (κ1) is 17.1. The summed E-state index contributed by atoms with van der Waals surface area (Å²) < 4.78 is 1.67. The maximum absolute atomic E-state index is 12.3. The Bertz CT molecular complexity index is 982. The van der Waals surface area contributed by atoms with Crippen LogP contribution in [0.4, 0.5) is 5.82 Å². The predicted octanol–water partition coefficient (Wildman–Crippen LogP) is 1.79. The second-order valence-corrected chi connectivity index (χ2v) is 7.60. The predicted molar refractivity (Wildman–Crippen MR) is 103 cm³/mol. The zero-order valence-corrected chi connectivity index (χ0v) is 16.1. The Kier molecular flexibility index (Phi) is 4.46. The van der Waals surface area contributed by atoms with Gasteiger partial charge in [0.1, 0.15) is 11.6 Å². The van der Waals surface area contributed by atoms with Crippen LogP contribution in [-0.4, -0.2) is 50.4 Å². The fourth-order valence-corrected chi connectivity index (χ4v) is 4.30. The van der Waals surface area contributed by atoms with Crippen molar-refractivity contribution in [2.24, 2.45) is 0 Å². The second kappa shape index (κ2) is 6.77. The third-order valence-corrected chi connectivity index (χ3v) is 5.61. The van der Waals surface area contributed by atoms with E-state index in [-0.39, 0.29) is 5.56 Å². The minimum Gasteiger partial charge on any atom is -0.354 e. The molecule has 4 rings (SSSR count). The third-order valence-electron chi connectivity index (χ3n) is 4.66. The highest BCUT2D eigenvalue weighted by Crippen LogP contribution is 2.17. The van der Waals surface area contributed by atoms with E-state index < -0.39 is 0 Å². The minimum atomic E-state index is 0.00863. The summed E-state index contributed by atoms with van der Waals surface area (Å²) in [4.78, 5) is 31.3. The van der Waals surface area contributed by atoms with Crippen LogP contribution in [0.15, 0.2) is 22.3 Å². The molecule has 26 heavy (non-hydrogen) atoms. The van der Waals surface area contributed by atoms with Crippen molar-refractivity contribution in [2.75, 3.05) is 31.1 Å². The van der Waals surface area contributed by atoms with Crippen molar-refractivity contribution < 1.29 is 0 Å². The molecule has 1 aliphatic rings. The van der Waals surface area contributed by atoms with Gasteiger partial charge >= 0.3 is 0 Å². The molecule has 4 heterocycles.